The molecule has 0 bridgehead atoms. The van der Waals surface area contributed by atoms with E-state index in [0.717, 1.165) is 22.8 Å². The Labute approximate surface area is 176 Å². The lowest BCUT2D eigenvalue weighted by atomic mass is 10.0. The van der Waals surface area contributed by atoms with Crippen molar-refractivity contribution in [1.29, 1.82) is 0 Å². The Bertz CT molecular complexity index is 1140. The fourth-order valence-corrected chi connectivity index (χ4v) is 3.75. The molecule has 2 aromatic heterocycles. The van der Waals surface area contributed by atoms with Crippen molar-refractivity contribution in [3.8, 4) is 5.69 Å². The molecule has 0 aliphatic rings. The number of nitrogens with zero attached hydrogens (tertiary/aromatic N) is 5. The second-order valence-electron chi connectivity index (χ2n) is 7.04. The first kappa shape index (κ1) is 20.0. The van der Waals surface area contributed by atoms with Crippen LogP contribution in [0.5, 0.6) is 0 Å². The van der Waals surface area contributed by atoms with E-state index in [0.29, 0.717) is 11.0 Å². The number of aromatic nitrogens is 6. The smallest absolute Gasteiger partial charge is 0.231 e. The van der Waals surface area contributed by atoms with Crippen molar-refractivity contribution in [3.63, 3.8) is 0 Å². The number of hydrogen-bond acceptors (Lipinski definition) is 6. The topological polar surface area (TPSA) is 101 Å². The standard InChI is InChI=1S/C20H20FN7OS/c1-12(2)18(19-22-14-8-4-5-9-15(14)23-19)24-17(29)11-30-20-25-26-27-28(20)16-10-6-3-7-13(16)21/h3-10,12,18H,11H2,1-2H3,(H,22,23)(H,24,29)/t18-/m0/s1. The van der Waals surface area contributed by atoms with Crippen molar-refractivity contribution in [2.75, 3.05) is 5.75 Å². The van der Waals surface area contributed by atoms with Crippen molar-refractivity contribution in [3.05, 3.63) is 60.2 Å². The van der Waals surface area contributed by atoms with Crippen LogP contribution in [0.3, 0.4) is 0 Å². The van der Waals surface area contributed by atoms with Gasteiger partial charge >= 0.3 is 0 Å². The van der Waals surface area contributed by atoms with Gasteiger partial charge in [0.05, 0.1) is 22.8 Å². The van der Waals surface area contributed by atoms with E-state index in [1.54, 1.807) is 18.2 Å². The minimum atomic E-state index is -0.444. The van der Waals surface area contributed by atoms with Crippen LogP contribution in [0.4, 0.5) is 4.39 Å². The second-order valence-corrected chi connectivity index (χ2v) is 7.98. The predicted molar refractivity (Wildman–Crippen MR) is 112 cm³/mol. The predicted octanol–water partition coefficient (Wildman–Crippen LogP) is 3.28. The summed E-state index contributed by atoms with van der Waals surface area (Å²) < 4.78 is 15.3. The Morgan fingerprint density at radius 2 is 1.97 bits per heavy atom. The second kappa shape index (κ2) is 8.62. The number of carbonyl (C=O) groups excluding carboxylic acids is 1. The van der Waals surface area contributed by atoms with Gasteiger partial charge in [-0.05, 0) is 40.6 Å². The number of tetrazole rings is 1. The zero-order valence-electron chi connectivity index (χ0n) is 16.4. The molecule has 0 radical (unpaired) electrons. The fourth-order valence-electron chi connectivity index (χ4n) is 3.06. The lowest BCUT2D eigenvalue weighted by Gasteiger charge is -2.20. The molecule has 0 unspecified atom stereocenters. The molecule has 4 rings (SSSR count). The van der Waals surface area contributed by atoms with Gasteiger partial charge in [-0.25, -0.2) is 9.37 Å². The lowest BCUT2D eigenvalue weighted by Crippen LogP contribution is -2.33. The van der Waals surface area contributed by atoms with Gasteiger partial charge in [-0.3, -0.25) is 4.79 Å². The molecule has 1 atom stereocenters. The van der Waals surface area contributed by atoms with Gasteiger partial charge < -0.3 is 10.3 Å². The van der Waals surface area contributed by atoms with E-state index in [9.17, 15) is 9.18 Å². The van der Waals surface area contributed by atoms with Crippen LogP contribution in [0.1, 0.15) is 25.7 Å². The highest BCUT2D eigenvalue weighted by Crippen LogP contribution is 2.24. The third kappa shape index (κ3) is 4.18. The van der Waals surface area contributed by atoms with E-state index < -0.39 is 5.82 Å². The highest BCUT2D eigenvalue weighted by atomic mass is 32.2. The monoisotopic (exact) mass is 425 g/mol. The van der Waals surface area contributed by atoms with E-state index in [1.807, 2.05) is 38.1 Å². The molecule has 0 saturated heterocycles. The van der Waals surface area contributed by atoms with E-state index in [-0.39, 0.29) is 29.3 Å². The number of rotatable bonds is 7. The number of imidazole rings is 1. The number of hydrogen-bond donors (Lipinski definition) is 2. The first-order valence-corrected chi connectivity index (χ1v) is 10.4. The molecule has 8 nitrogen and oxygen atoms in total. The summed E-state index contributed by atoms with van der Waals surface area (Å²) in [5, 5.41) is 14.7. The first-order valence-electron chi connectivity index (χ1n) is 9.43. The van der Waals surface area contributed by atoms with Crippen molar-refractivity contribution in [2.45, 2.75) is 25.0 Å². The molecule has 30 heavy (non-hydrogen) atoms. The fraction of sp³-hybridized carbons (Fsp3) is 0.250. The van der Waals surface area contributed by atoms with E-state index in [4.69, 9.17) is 0 Å². The minimum absolute atomic E-state index is 0.0816. The van der Waals surface area contributed by atoms with E-state index >= 15 is 0 Å². The van der Waals surface area contributed by atoms with Gasteiger partial charge in [0, 0.05) is 0 Å². The summed E-state index contributed by atoms with van der Waals surface area (Å²) in [6, 6.07) is 13.7. The van der Waals surface area contributed by atoms with Gasteiger partial charge in [0.2, 0.25) is 11.1 Å². The number of fused-ring (bicyclic) bond motifs is 1. The molecule has 2 N–H and O–H groups in total. The summed E-state index contributed by atoms with van der Waals surface area (Å²) in [7, 11) is 0. The molecule has 4 aromatic rings. The highest BCUT2D eigenvalue weighted by molar-refractivity contribution is 7.99. The van der Waals surface area contributed by atoms with Crippen molar-refractivity contribution < 1.29 is 9.18 Å². The quantitative estimate of drug-likeness (QED) is 0.441. The zero-order valence-corrected chi connectivity index (χ0v) is 17.2. The van der Waals surface area contributed by atoms with Crippen molar-refractivity contribution in [1.82, 2.24) is 35.5 Å². The lowest BCUT2D eigenvalue weighted by molar-refractivity contribution is -0.119. The van der Waals surface area contributed by atoms with Gasteiger partial charge in [0.25, 0.3) is 0 Å². The molecular weight excluding hydrogens is 405 g/mol. The Morgan fingerprint density at radius 3 is 2.73 bits per heavy atom. The number of halogens is 1. The van der Waals surface area contributed by atoms with Crippen LogP contribution in [0.2, 0.25) is 0 Å². The maximum absolute atomic E-state index is 14.1. The molecule has 0 aliphatic carbocycles. The molecule has 2 heterocycles. The van der Waals surface area contributed by atoms with Gasteiger partial charge in [-0.15, -0.1) is 5.10 Å². The number of nitrogens with one attached hydrogen (secondary N) is 2. The first-order chi connectivity index (χ1) is 14.5. The largest absolute Gasteiger partial charge is 0.345 e. The summed E-state index contributed by atoms with van der Waals surface area (Å²) in [6.07, 6.45) is 0. The summed E-state index contributed by atoms with van der Waals surface area (Å²) >= 11 is 1.14. The van der Waals surface area contributed by atoms with Crippen LogP contribution >= 0.6 is 11.8 Å². The molecule has 10 heteroatoms. The summed E-state index contributed by atoms with van der Waals surface area (Å²) in [6.45, 7) is 4.04. The number of benzene rings is 2. The van der Waals surface area contributed by atoms with Crippen LogP contribution in [0.15, 0.2) is 53.7 Å². The molecule has 0 aliphatic heterocycles. The number of para-hydroxylation sites is 3. The average molecular weight is 425 g/mol. The average Bonchev–Trinajstić information content (AvgIpc) is 3.37. The molecule has 2 aromatic carbocycles. The number of amides is 1. The summed E-state index contributed by atoms with van der Waals surface area (Å²) in [5.74, 6) is 0.283. The van der Waals surface area contributed by atoms with Gasteiger partial charge in [0.15, 0.2) is 0 Å². The Kier molecular flexibility index (Phi) is 5.75. The number of thioether (sulfide) groups is 1. The minimum Gasteiger partial charge on any atom is -0.345 e. The Morgan fingerprint density at radius 1 is 1.20 bits per heavy atom. The molecular formula is C20H20FN7OS. The van der Waals surface area contributed by atoms with Crippen LogP contribution in [-0.4, -0.2) is 41.8 Å². The van der Waals surface area contributed by atoms with Crippen LogP contribution in [0, 0.1) is 11.7 Å². The van der Waals surface area contributed by atoms with E-state index in [1.165, 1.54) is 10.7 Å². The van der Waals surface area contributed by atoms with E-state index in [2.05, 4.69) is 30.8 Å². The number of H-pyrrole nitrogens is 1. The van der Waals surface area contributed by atoms with Crippen molar-refractivity contribution in [2.24, 2.45) is 5.92 Å². The number of carbonyl (C=O) groups is 1. The third-order valence-corrected chi connectivity index (χ3v) is 5.46. The number of aromatic amines is 1. The molecule has 0 saturated carbocycles. The maximum Gasteiger partial charge on any atom is 0.231 e. The molecule has 154 valence electrons. The SMILES string of the molecule is CC(C)[C@H](NC(=O)CSc1nnnn1-c1ccccc1F)c1nc2ccccc2[nH]1. The molecule has 1 amide bonds. The van der Waals surface area contributed by atoms with Crippen molar-refractivity contribution >= 4 is 28.7 Å². The van der Waals surface area contributed by atoms with Gasteiger partial charge in [0.1, 0.15) is 17.3 Å². The summed E-state index contributed by atoms with van der Waals surface area (Å²) in [5.41, 5.74) is 2.00. The van der Waals surface area contributed by atoms with Gasteiger partial charge in [-0.1, -0.05) is 49.9 Å². The molecule has 0 fully saturated rings. The van der Waals surface area contributed by atoms with Crippen LogP contribution in [0.25, 0.3) is 16.7 Å². The van der Waals surface area contributed by atoms with Gasteiger partial charge in [-0.2, -0.15) is 4.68 Å². The normalized spacial score (nSPS) is 12.4. The molecule has 0 spiro atoms. The maximum atomic E-state index is 14.1. The summed E-state index contributed by atoms with van der Waals surface area (Å²) in [4.78, 5) is 20.5. The third-order valence-electron chi connectivity index (χ3n) is 4.54. The zero-order chi connectivity index (χ0) is 21.1. The Hall–Kier alpha value is -3.27. The van der Waals surface area contributed by atoms with Crippen LogP contribution < -0.4 is 5.32 Å². The highest BCUT2D eigenvalue weighted by Gasteiger charge is 2.22. The van der Waals surface area contributed by atoms with Crippen LogP contribution in [-0.2, 0) is 4.79 Å². The Balaban J connectivity index is 1.45.